The quantitative estimate of drug-likeness (QED) is 0.253. The number of ether oxygens (including phenoxy) is 1. The van der Waals surface area contributed by atoms with Gasteiger partial charge < -0.3 is 10.1 Å². The molecule has 1 rings (SSSR count). The van der Waals surface area contributed by atoms with Gasteiger partial charge in [-0.15, -0.1) is 0 Å². The SMILES string of the molecule is COC(=O)CCCCCNC(=S)N/N=C\c1ccc(F)cc1. The number of methoxy groups -OCH3 is 1. The van der Waals surface area contributed by atoms with Crippen LogP contribution < -0.4 is 10.7 Å². The molecule has 5 nitrogen and oxygen atoms in total. The summed E-state index contributed by atoms with van der Waals surface area (Å²) in [6.07, 6.45) is 4.63. The van der Waals surface area contributed by atoms with Crippen LogP contribution in [0.1, 0.15) is 31.2 Å². The van der Waals surface area contributed by atoms with Gasteiger partial charge in [0.1, 0.15) is 5.82 Å². The summed E-state index contributed by atoms with van der Waals surface area (Å²) in [5.74, 6) is -0.463. The zero-order chi connectivity index (χ0) is 16.2. The van der Waals surface area contributed by atoms with Crippen molar-refractivity contribution < 1.29 is 13.9 Å². The fourth-order valence-corrected chi connectivity index (χ4v) is 1.78. The lowest BCUT2D eigenvalue weighted by molar-refractivity contribution is -0.140. The number of nitrogens with zero attached hydrogens (tertiary/aromatic N) is 1. The zero-order valence-corrected chi connectivity index (χ0v) is 13.3. The Balaban J connectivity index is 2.08. The topological polar surface area (TPSA) is 62.7 Å². The van der Waals surface area contributed by atoms with Crippen molar-refractivity contribution in [3.8, 4) is 0 Å². The Morgan fingerprint density at radius 3 is 2.73 bits per heavy atom. The Hall–Kier alpha value is -2.02. The van der Waals surface area contributed by atoms with Gasteiger partial charge in [0.2, 0.25) is 0 Å². The van der Waals surface area contributed by atoms with E-state index in [4.69, 9.17) is 12.2 Å². The van der Waals surface area contributed by atoms with Gasteiger partial charge in [0.15, 0.2) is 5.11 Å². The third-order valence-electron chi connectivity index (χ3n) is 2.82. The van der Waals surface area contributed by atoms with Crippen LogP contribution in [0.15, 0.2) is 29.4 Å². The molecule has 0 unspecified atom stereocenters. The van der Waals surface area contributed by atoms with E-state index in [1.54, 1.807) is 18.3 Å². The monoisotopic (exact) mass is 325 g/mol. The first-order chi connectivity index (χ1) is 10.6. The van der Waals surface area contributed by atoms with Crippen molar-refractivity contribution in [1.82, 2.24) is 10.7 Å². The highest BCUT2D eigenvalue weighted by molar-refractivity contribution is 7.80. The lowest BCUT2D eigenvalue weighted by Crippen LogP contribution is -2.32. The summed E-state index contributed by atoms with van der Waals surface area (Å²) in [6.45, 7) is 0.707. The van der Waals surface area contributed by atoms with Crippen molar-refractivity contribution in [2.24, 2.45) is 5.10 Å². The number of nitrogens with one attached hydrogen (secondary N) is 2. The highest BCUT2D eigenvalue weighted by Gasteiger charge is 1.99. The first-order valence-electron chi connectivity index (χ1n) is 7.01. The Bertz CT molecular complexity index is 506. The van der Waals surface area contributed by atoms with Gasteiger partial charge in [0, 0.05) is 13.0 Å². The van der Waals surface area contributed by atoms with E-state index in [1.807, 2.05) is 0 Å². The van der Waals surface area contributed by atoms with E-state index >= 15 is 0 Å². The molecule has 22 heavy (non-hydrogen) atoms. The largest absolute Gasteiger partial charge is 0.469 e. The van der Waals surface area contributed by atoms with Gasteiger partial charge in [-0.1, -0.05) is 18.6 Å². The Kier molecular flexibility index (Phi) is 8.74. The van der Waals surface area contributed by atoms with Gasteiger partial charge in [0.05, 0.1) is 13.3 Å². The van der Waals surface area contributed by atoms with Crippen LogP contribution in [-0.2, 0) is 9.53 Å². The van der Waals surface area contributed by atoms with Crippen molar-refractivity contribution >= 4 is 29.5 Å². The van der Waals surface area contributed by atoms with Crippen molar-refractivity contribution in [3.63, 3.8) is 0 Å². The summed E-state index contributed by atoms with van der Waals surface area (Å²) in [7, 11) is 1.39. The molecule has 0 fully saturated rings. The van der Waals surface area contributed by atoms with Crippen molar-refractivity contribution in [2.75, 3.05) is 13.7 Å². The lowest BCUT2D eigenvalue weighted by Gasteiger charge is -2.06. The van der Waals surface area contributed by atoms with Crippen LogP contribution in [-0.4, -0.2) is 31.0 Å². The number of hydrogen-bond acceptors (Lipinski definition) is 4. The minimum Gasteiger partial charge on any atom is -0.469 e. The number of rotatable bonds is 8. The van der Waals surface area contributed by atoms with Gasteiger partial charge in [-0.3, -0.25) is 10.2 Å². The number of hydrazone groups is 1. The smallest absolute Gasteiger partial charge is 0.305 e. The van der Waals surface area contributed by atoms with Gasteiger partial charge >= 0.3 is 5.97 Å². The molecule has 2 N–H and O–H groups in total. The number of hydrogen-bond donors (Lipinski definition) is 2. The van der Waals surface area contributed by atoms with Gasteiger partial charge in [-0.25, -0.2) is 4.39 Å². The molecule has 1 aromatic carbocycles. The number of carbonyl (C=O) groups excluding carboxylic acids is 1. The predicted molar refractivity (Wildman–Crippen MR) is 88.2 cm³/mol. The number of halogens is 1. The first-order valence-corrected chi connectivity index (χ1v) is 7.42. The minimum absolute atomic E-state index is 0.180. The van der Waals surface area contributed by atoms with Crippen LogP contribution in [0.4, 0.5) is 4.39 Å². The molecule has 0 aliphatic heterocycles. The van der Waals surface area contributed by atoms with E-state index in [2.05, 4.69) is 20.6 Å². The van der Waals surface area contributed by atoms with Crippen molar-refractivity contribution in [2.45, 2.75) is 25.7 Å². The molecule has 0 aromatic heterocycles. The number of carbonyl (C=O) groups is 1. The highest BCUT2D eigenvalue weighted by atomic mass is 32.1. The van der Waals surface area contributed by atoms with E-state index in [0.29, 0.717) is 18.1 Å². The molecule has 0 saturated heterocycles. The number of thiocarbonyl (C=S) groups is 1. The van der Waals surface area contributed by atoms with Gasteiger partial charge in [0.25, 0.3) is 0 Å². The van der Waals surface area contributed by atoms with E-state index < -0.39 is 0 Å². The molecule has 0 spiro atoms. The number of esters is 1. The lowest BCUT2D eigenvalue weighted by atomic mass is 10.2. The number of benzene rings is 1. The molecule has 0 amide bonds. The van der Waals surface area contributed by atoms with Crippen LogP contribution in [0.25, 0.3) is 0 Å². The normalized spacial score (nSPS) is 10.5. The Morgan fingerprint density at radius 1 is 1.32 bits per heavy atom. The van der Waals surface area contributed by atoms with Crippen molar-refractivity contribution in [1.29, 1.82) is 0 Å². The summed E-state index contributed by atoms with van der Waals surface area (Å²) in [5.41, 5.74) is 3.46. The zero-order valence-electron chi connectivity index (χ0n) is 12.5. The van der Waals surface area contributed by atoms with E-state index in [0.717, 1.165) is 24.8 Å². The number of unbranched alkanes of at least 4 members (excludes halogenated alkanes) is 2. The van der Waals surface area contributed by atoms with Gasteiger partial charge in [-0.2, -0.15) is 5.10 Å². The van der Waals surface area contributed by atoms with Crippen LogP contribution >= 0.6 is 12.2 Å². The molecule has 0 saturated carbocycles. The molecule has 0 bridgehead atoms. The van der Waals surface area contributed by atoms with Gasteiger partial charge in [-0.05, 0) is 42.8 Å². The summed E-state index contributed by atoms with van der Waals surface area (Å²) in [6, 6.07) is 5.98. The average molecular weight is 325 g/mol. The molecule has 0 heterocycles. The first kappa shape index (κ1) is 18.0. The maximum absolute atomic E-state index is 12.7. The highest BCUT2D eigenvalue weighted by Crippen LogP contribution is 2.00. The summed E-state index contributed by atoms with van der Waals surface area (Å²) >= 11 is 5.06. The summed E-state index contributed by atoms with van der Waals surface area (Å²) < 4.78 is 17.3. The molecule has 0 aliphatic rings. The fraction of sp³-hybridized carbons (Fsp3) is 0.400. The second kappa shape index (κ2) is 10.7. The fourth-order valence-electron chi connectivity index (χ4n) is 1.63. The Morgan fingerprint density at radius 2 is 2.05 bits per heavy atom. The maximum atomic E-state index is 12.7. The van der Waals surface area contributed by atoms with Crippen LogP contribution in [0.5, 0.6) is 0 Å². The molecule has 0 radical (unpaired) electrons. The minimum atomic E-state index is -0.283. The van der Waals surface area contributed by atoms with E-state index in [-0.39, 0.29) is 11.8 Å². The molecular formula is C15H20FN3O2S. The predicted octanol–water partition coefficient (Wildman–Crippen LogP) is 2.36. The molecule has 1 aromatic rings. The molecular weight excluding hydrogens is 305 g/mol. The second-order valence-corrected chi connectivity index (χ2v) is 4.97. The van der Waals surface area contributed by atoms with Crippen LogP contribution in [0.2, 0.25) is 0 Å². The summed E-state index contributed by atoms with van der Waals surface area (Å²) in [4.78, 5) is 10.9. The standard InChI is InChI=1S/C15H20FN3O2S/c1-21-14(20)5-3-2-4-10-17-15(22)19-18-11-12-6-8-13(16)9-7-12/h6-9,11H,2-5,10H2,1H3,(H2,17,19,22)/b18-11-. The van der Waals surface area contributed by atoms with Crippen LogP contribution in [0.3, 0.4) is 0 Å². The second-order valence-electron chi connectivity index (χ2n) is 4.56. The maximum Gasteiger partial charge on any atom is 0.305 e. The Labute approximate surface area is 134 Å². The van der Waals surface area contributed by atoms with E-state index in [9.17, 15) is 9.18 Å². The third-order valence-corrected chi connectivity index (χ3v) is 3.06. The van der Waals surface area contributed by atoms with Crippen LogP contribution in [0, 0.1) is 5.82 Å². The third kappa shape index (κ3) is 8.31. The average Bonchev–Trinajstić information content (AvgIpc) is 2.52. The summed E-state index contributed by atoms with van der Waals surface area (Å²) in [5, 5.41) is 7.39. The van der Waals surface area contributed by atoms with E-state index in [1.165, 1.54) is 19.2 Å². The molecule has 120 valence electrons. The molecule has 7 heteroatoms. The molecule has 0 aliphatic carbocycles. The molecule has 0 atom stereocenters. The van der Waals surface area contributed by atoms with Crippen molar-refractivity contribution in [3.05, 3.63) is 35.6 Å².